The second-order valence-electron chi connectivity index (χ2n) is 10.6. The number of aliphatic hydroxyl groups is 1. The molecule has 1 aromatic heterocycles. The number of hydrogen-bond acceptors (Lipinski definition) is 8. The molecule has 1 amide bonds. The quantitative estimate of drug-likeness (QED) is 0.388. The Hall–Kier alpha value is -3.48. The summed E-state index contributed by atoms with van der Waals surface area (Å²) in [5, 5.41) is 29.7. The minimum Gasteiger partial charge on any atom is -0.490 e. The molecule has 0 saturated carbocycles. The van der Waals surface area contributed by atoms with E-state index in [1.807, 2.05) is 58.9 Å². The van der Waals surface area contributed by atoms with E-state index in [9.17, 15) is 15.2 Å². The molecule has 0 spiro atoms. The van der Waals surface area contributed by atoms with Crippen molar-refractivity contribution in [3.63, 3.8) is 0 Å². The first-order valence-electron chi connectivity index (χ1n) is 12.9. The highest BCUT2D eigenvalue weighted by Crippen LogP contribution is 2.41. The average Bonchev–Trinajstić information content (AvgIpc) is 3.35. The van der Waals surface area contributed by atoms with Gasteiger partial charge in [-0.25, -0.2) is 4.79 Å². The van der Waals surface area contributed by atoms with Crippen molar-refractivity contribution in [2.24, 2.45) is 0 Å². The van der Waals surface area contributed by atoms with Crippen LogP contribution in [0.3, 0.4) is 0 Å². The lowest BCUT2D eigenvalue weighted by Gasteiger charge is -2.37. The van der Waals surface area contributed by atoms with Crippen molar-refractivity contribution in [2.75, 3.05) is 13.2 Å². The Balaban J connectivity index is 1.67. The highest BCUT2D eigenvalue weighted by molar-refractivity contribution is 7.17. The van der Waals surface area contributed by atoms with E-state index in [0.717, 1.165) is 46.5 Å². The van der Waals surface area contributed by atoms with E-state index in [4.69, 9.17) is 9.47 Å². The summed E-state index contributed by atoms with van der Waals surface area (Å²) in [6, 6.07) is 13.6. The van der Waals surface area contributed by atoms with Crippen molar-refractivity contribution in [1.82, 2.24) is 15.1 Å². The van der Waals surface area contributed by atoms with E-state index >= 15 is 0 Å². The van der Waals surface area contributed by atoms with Gasteiger partial charge < -0.3 is 14.6 Å². The lowest BCUT2D eigenvalue weighted by molar-refractivity contribution is 0.0101. The van der Waals surface area contributed by atoms with E-state index in [-0.39, 0.29) is 25.3 Å². The molecule has 38 heavy (non-hydrogen) atoms. The SMILES string of the molecule is CC(C)Oc1ccc(-c2nnc(-c3cccc4c3CCC[C@@H]4N(CCO)C(=O)OC(C)(C)C)s2)cc1C#N. The van der Waals surface area contributed by atoms with Gasteiger partial charge in [-0.1, -0.05) is 29.5 Å². The standard InChI is InChI=1S/C29H34N4O4S/c1-18(2)36-25-13-12-19(16-20(25)17-30)26-31-32-27(38-26)23-10-6-9-22-21(23)8-7-11-24(22)33(14-15-34)28(35)37-29(3,4)5/h6,9-10,12-13,16,18,24,34H,7-8,11,14-15H2,1-5H3/t24-/m0/s1. The average molecular weight is 535 g/mol. The van der Waals surface area contributed by atoms with Crippen molar-refractivity contribution >= 4 is 17.4 Å². The Bertz CT molecular complexity index is 1340. The van der Waals surface area contributed by atoms with Crippen LogP contribution in [0.15, 0.2) is 36.4 Å². The van der Waals surface area contributed by atoms with Gasteiger partial charge in [-0.3, -0.25) is 4.90 Å². The van der Waals surface area contributed by atoms with Crippen LogP contribution in [0.25, 0.3) is 21.1 Å². The largest absolute Gasteiger partial charge is 0.490 e. The maximum atomic E-state index is 13.0. The molecule has 1 N–H and O–H groups in total. The first-order chi connectivity index (χ1) is 18.1. The van der Waals surface area contributed by atoms with Crippen LogP contribution in [-0.2, 0) is 11.2 Å². The van der Waals surface area contributed by atoms with Crippen LogP contribution in [0.4, 0.5) is 4.79 Å². The van der Waals surface area contributed by atoms with Gasteiger partial charge in [-0.2, -0.15) is 5.26 Å². The molecular weight excluding hydrogens is 500 g/mol. The van der Waals surface area contributed by atoms with Crippen LogP contribution in [0.1, 0.15) is 70.2 Å². The Labute approximate surface area is 227 Å². The molecule has 3 aromatic rings. The molecule has 200 valence electrons. The number of amides is 1. The first kappa shape index (κ1) is 27.6. The van der Waals surface area contributed by atoms with Crippen LogP contribution >= 0.6 is 11.3 Å². The van der Waals surface area contributed by atoms with Gasteiger partial charge in [0, 0.05) is 17.7 Å². The Morgan fingerprint density at radius 1 is 1.24 bits per heavy atom. The third kappa shape index (κ3) is 6.14. The molecular formula is C29H34N4O4S. The lowest BCUT2D eigenvalue weighted by atomic mass is 9.84. The Morgan fingerprint density at radius 3 is 2.68 bits per heavy atom. The number of hydrogen-bond donors (Lipinski definition) is 1. The number of nitrogens with zero attached hydrogens (tertiary/aromatic N) is 4. The van der Waals surface area contributed by atoms with Crippen LogP contribution in [-0.4, -0.2) is 51.2 Å². The summed E-state index contributed by atoms with van der Waals surface area (Å²) in [5.41, 5.74) is 3.81. The summed E-state index contributed by atoms with van der Waals surface area (Å²) >= 11 is 1.47. The Kier molecular flexibility index (Phi) is 8.34. The number of aliphatic hydroxyl groups excluding tert-OH is 1. The zero-order valence-corrected chi connectivity index (χ0v) is 23.3. The Morgan fingerprint density at radius 2 is 2.00 bits per heavy atom. The number of rotatable bonds is 7. The summed E-state index contributed by atoms with van der Waals surface area (Å²) in [7, 11) is 0. The molecule has 1 heterocycles. The van der Waals surface area contributed by atoms with E-state index in [1.54, 1.807) is 17.0 Å². The number of benzene rings is 2. The topological polar surface area (TPSA) is 109 Å². The van der Waals surface area contributed by atoms with Gasteiger partial charge in [-0.05, 0) is 83.2 Å². The minimum atomic E-state index is -0.627. The van der Waals surface area contributed by atoms with E-state index in [2.05, 4.69) is 16.3 Å². The van der Waals surface area contributed by atoms with Gasteiger partial charge in [0.25, 0.3) is 0 Å². The molecule has 0 aliphatic heterocycles. The number of carbonyl (C=O) groups is 1. The van der Waals surface area contributed by atoms with Crippen molar-refractivity contribution in [1.29, 1.82) is 5.26 Å². The van der Waals surface area contributed by atoms with Crippen molar-refractivity contribution in [3.05, 3.63) is 53.1 Å². The summed E-state index contributed by atoms with van der Waals surface area (Å²) < 4.78 is 11.4. The normalized spacial score (nSPS) is 15.1. The molecule has 0 unspecified atom stereocenters. The summed E-state index contributed by atoms with van der Waals surface area (Å²) in [5.74, 6) is 0.552. The van der Waals surface area contributed by atoms with Crippen LogP contribution < -0.4 is 4.74 Å². The van der Waals surface area contributed by atoms with E-state index < -0.39 is 11.7 Å². The number of nitriles is 1. The minimum absolute atomic E-state index is 0.0298. The van der Waals surface area contributed by atoms with Gasteiger partial charge in [0.2, 0.25) is 0 Å². The molecule has 0 saturated heterocycles. The zero-order valence-electron chi connectivity index (χ0n) is 22.5. The van der Waals surface area contributed by atoms with E-state index in [1.165, 1.54) is 11.3 Å². The molecule has 1 aliphatic carbocycles. The second kappa shape index (κ2) is 11.5. The molecule has 0 fully saturated rings. The fourth-order valence-corrected chi connectivity index (χ4v) is 5.60. The van der Waals surface area contributed by atoms with Gasteiger partial charge in [-0.15, -0.1) is 10.2 Å². The third-order valence-electron chi connectivity index (χ3n) is 6.19. The number of carbonyl (C=O) groups excluding carboxylic acids is 1. The molecule has 1 atom stereocenters. The smallest absolute Gasteiger partial charge is 0.410 e. The lowest BCUT2D eigenvalue weighted by Crippen LogP contribution is -2.42. The van der Waals surface area contributed by atoms with Crippen LogP contribution in [0.5, 0.6) is 5.75 Å². The van der Waals surface area contributed by atoms with Crippen molar-refractivity contribution in [2.45, 2.75) is 71.6 Å². The summed E-state index contributed by atoms with van der Waals surface area (Å²) in [6.45, 7) is 9.42. The second-order valence-corrected chi connectivity index (χ2v) is 11.6. The van der Waals surface area contributed by atoms with Gasteiger partial charge >= 0.3 is 6.09 Å². The third-order valence-corrected chi connectivity index (χ3v) is 7.19. The molecule has 4 rings (SSSR count). The maximum Gasteiger partial charge on any atom is 0.410 e. The molecule has 1 aliphatic rings. The monoisotopic (exact) mass is 534 g/mol. The van der Waals surface area contributed by atoms with Gasteiger partial charge in [0.05, 0.1) is 24.3 Å². The summed E-state index contributed by atoms with van der Waals surface area (Å²) in [4.78, 5) is 14.7. The van der Waals surface area contributed by atoms with Gasteiger partial charge in [0.15, 0.2) is 0 Å². The number of aromatic nitrogens is 2. The fraction of sp³-hybridized carbons (Fsp3) is 0.448. The van der Waals surface area contributed by atoms with Gasteiger partial charge in [0.1, 0.15) is 27.4 Å². The highest BCUT2D eigenvalue weighted by Gasteiger charge is 2.33. The predicted octanol–water partition coefficient (Wildman–Crippen LogP) is 6.14. The molecule has 0 bridgehead atoms. The van der Waals surface area contributed by atoms with Crippen LogP contribution in [0.2, 0.25) is 0 Å². The molecule has 8 nitrogen and oxygen atoms in total. The van der Waals surface area contributed by atoms with Crippen molar-refractivity contribution < 1.29 is 19.4 Å². The molecule has 9 heteroatoms. The predicted molar refractivity (Wildman–Crippen MR) is 147 cm³/mol. The molecule has 0 radical (unpaired) electrons. The van der Waals surface area contributed by atoms with E-state index in [0.29, 0.717) is 16.3 Å². The first-order valence-corrected chi connectivity index (χ1v) is 13.7. The zero-order chi connectivity index (χ0) is 27.4. The van der Waals surface area contributed by atoms with Crippen molar-refractivity contribution in [3.8, 4) is 33.0 Å². The summed E-state index contributed by atoms with van der Waals surface area (Å²) in [6.07, 6.45) is 2.09. The molecule has 2 aromatic carbocycles. The number of ether oxygens (including phenoxy) is 2. The highest BCUT2D eigenvalue weighted by atomic mass is 32.1. The fourth-order valence-electron chi connectivity index (χ4n) is 4.71. The van der Waals surface area contributed by atoms with Crippen LogP contribution in [0, 0.1) is 11.3 Å². The number of fused-ring (bicyclic) bond motifs is 1. The maximum absolute atomic E-state index is 13.0.